The van der Waals surface area contributed by atoms with Crippen LogP contribution in [0.15, 0.2) is 42.5 Å². The van der Waals surface area contributed by atoms with Crippen LogP contribution in [0.2, 0.25) is 0 Å². The van der Waals surface area contributed by atoms with E-state index < -0.39 is 5.54 Å². The molecule has 1 N–H and O–H groups in total. The van der Waals surface area contributed by atoms with Gasteiger partial charge in [-0.1, -0.05) is 31.2 Å². The van der Waals surface area contributed by atoms with Crippen molar-refractivity contribution in [2.45, 2.75) is 57.5 Å². The van der Waals surface area contributed by atoms with Crippen LogP contribution in [0.3, 0.4) is 0 Å². The second kappa shape index (κ2) is 8.57. The average Bonchev–Trinajstić information content (AvgIpc) is 3.65. The third-order valence-electron chi connectivity index (χ3n) is 7.89. The van der Waals surface area contributed by atoms with Crippen LogP contribution in [0.4, 0.5) is 0 Å². The number of aromatic nitrogens is 1. The van der Waals surface area contributed by atoms with E-state index in [1.54, 1.807) is 4.90 Å². The SMILES string of the molecule is CCCOc1ccc([C@@H]2CN3C(=O)CN(C4CC4)C(=O)[C@]3(C)c3[nH]c4ccccc4c32)cc1OCC. The molecule has 3 aliphatic rings. The summed E-state index contributed by atoms with van der Waals surface area (Å²) in [6.07, 6.45) is 2.87. The Bertz CT molecular complexity index is 1340. The number of benzene rings is 2. The Balaban J connectivity index is 1.51. The van der Waals surface area contributed by atoms with Crippen LogP contribution in [0.1, 0.15) is 62.8 Å². The fraction of sp³-hybridized carbons (Fsp3) is 0.448. The average molecular weight is 488 g/mol. The molecule has 36 heavy (non-hydrogen) atoms. The predicted octanol–water partition coefficient (Wildman–Crippen LogP) is 4.55. The molecule has 0 bridgehead atoms. The number of fused-ring (bicyclic) bond motifs is 5. The molecule has 2 atom stereocenters. The largest absolute Gasteiger partial charge is 0.490 e. The van der Waals surface area contributed by atoms with Crippen LogP contribution in [0.25, 0.3) is 10.9 Å². The molecule has 3 heterocycles. The van der Waals surface area contributed by atoms with E-state index in [2.05, 4.69) is 24.0 Å². The van der Waals surface area contributed by atoms with E-state index in [4.69, 9.17) is 9.47 Å². The lowest BCUT2D eigenvalue weighted by atomic mass is 9.76. The first-order valence-electron chi connectivity index (χ1n) is 13.1. The first-order chi connectivity index (χ1) is 17.5. The zero-order valence-corrected chi connectivity index (χ0v) is 21.2. The van der Waals surface area contributed by atoms with Crippen molar-refractivity contribution in [1.82, 2.24) is 14.8 Å². The quantitative estimate of drug-likeness (QED) is 0.531. The number of hydrogen-bond acceptors (Lipinski definition) is 4. The minimum Gasteiger partial charge on any atom is -0.490 e. The molecule has 1 saturated carbocycles. The number of amides is 2. The van der Waals surface area contributed by atoms with Crippen LogP contribution >= 0.6 is 0 Å². The van der Waals surface area contributed by atoms with Gasteiger partial charge in [0, 0.05) is 29.4 Å². The molecule has 1 aliphatic carbocycles. The number of H-pyrrole nitrogens is 1. The van der Waals surface area contributed by atoms with Crippen molar-refractivity contribution in [1.29, 1.82) is 0 Å². The van der Waals surface area contributed by atoms with Gasteiger partial charge in [-0.05, 0) is 62.4 Å². The second-order valence-electron chi connectivity index (χ2n) is 10.2. The van der Waals surface area contributed by atoms with Crippen LogP contribution in [0, 0.1) is 0 Å². The molecule has 7 heteroatoms. The number of ether oxygens (including phenoxy) is 2. The van der Waals surface area contributed by atoms with Crippen LogP contribution < -0.4 is 9.47 Å². The Labute approximate surface area is 211 Å². The lowest BCUT2D eigenvalue weighted by Crippen LogP contribution is -2.67. The summed E-state index contributed by atoms with van der Waals surface area (Å²) in [6, 6.07) is 14.4. The summed E-state index contributed by atoms with van der Waals surface area (Å²) < 4.78 is 11.9. The summed E-state index contributed by atoms with van der Waals surface area (Å²) >= 11 is 0. The van der Waals surface area contributed by atoms with Gasteiger partial charge in [0.2, 0.25) is 5.91 Å². The molecule has 188 valence electrons. The number of carbonyl (C=O) groups is 2. The number of aromatic amines is 1. The Morgan fingerprint density at radius 3 is 2.61 bits per heavy atom. The van der Waals surface area contributed by atoms with Gasteiger partial charge >= 0.3 is 0 Å². The fourth-order valence-corrected chi connectivity index (χ4v) is 5.95. The van der Waals surface area contributed by atoms with Crippen LogP contribution in [-0.4, -0.2) is 58.9 Å². The third-order valence-corrected chi connectivity index (χ3v) is 7.89. The lowest BCUT2D eigenvalue weighted by Gasteiger charge is -2.51. The second-order valence-corrected chi connectivity index (χ2v) is 10.2. The van der Waals surface area contributed by atoms with E-state index >= 15 is 0 Å². The van der Waals surface area contributed by atoms with Crippen molar-refractivity contribution in [3.63, 3.8) is 0 Å². The Hall–Kier alpha value is -3.48. The Kier molecular flexibility index (Phi) is 5.47. The van der Waals surface area contributed by atoms with Gasteiger partial charge < -0.3 is 24.3 Å². The van der Waals surface area contributed by atoms with E-state index in [0.29, 0.717) is 25.5 Å². The van der Waals surface area contributed by atoms with E-state index in [0.717, 1.165) is 52.7 Å². The molecule has 2 fully saturated rings. The van der Waals surface area contributed by atoms with Gasteiger partial charge in [-0.2, -0.15) is 0 Å². The van der Waals surface area contributed by atoms with Gasteiger partial charge in [-0.25, -0.2) is 0 Å². The molecular formula is C29H33N3O4. The molecule has 0 unspecified atom stereocenters. The highest BCUT2D eigenvalue weighted by Gasteiger charge is 2.58. The van der Waals surface area contributed by atoms with Gasteiger partial charge in [-0.15, -0.1) is 0 Å². The minimum atomic E-state index is -1.05. The monoisotopic (exact) mass is 487 g/mol. The van der Waals surface area contributed by atoms with Crippen molar-refractivity contribution in [2.75, 3.05) is 26.3 Å². The molecule has 0 spiro atoms. The molecule has 7 nitrogen and oxygen atoms in total. The standard InChI is InChI=1S/C29H33N3O4/c1-4-14-36-23-13-10-18(15-24(23)35-5-2)21-16-32-25(33)17-31(19-11-12-19)28(34)29(32,3)27-26(21)20-8-6-7-9-22(20)30-27/h6-10,13,15,19,21,30H,4-5,11-12,14,16-17H2,1-3H3/t21-,29-/m0/s1. The summed E-state index contributed by atoms with van der Waals surface area (Å²) in [5.41, 5.74) is 2.89. The number of para-hydroxylation sites is 1. The van der Waals surface area contributed by atoms with E-state index in [9.17, 15) is 9.59 Å². The number of piperazine rings is 1. The van der Waals surface area contributed by atoms with Gasteiger partial charge in [0.05, 0.1) is 18.9 Å². The topological polar surface area (TPSA) is 74.9 Å². The fourth-order valence-electron chi connectivity index (χ4n) is 5.95. The molecule has 6 rings (SSSR count). The predicted molar refractivity (Wildman–Crippen MR) is 137 cm³/mol. The van der Waals surface area contributed by atoms with Crippen molar-refractivity contribution in [3.8, 4) is 11.5 Å². The van der Waals surface area contributed by atoms with Gasteiger partial charge in [0.15, 0.2) is 17.0 Å². The lowest BCUT2D eigenvalue weighted by molar-refractivity contribution is -0.166. The first-order valence-corrected chi connectivity index (χ1v) is 13.1. The molecule has 0 radical (unpaired) electrons. The maximum absolute atomic E-state index is 14.0. The summed E-state index contributed by atoms with van der Waals surface area (Å²) in [5, 5.41) is 1.09. The number of rotatable bonds is 7. The van der Waals surface area contributed by atoms with Crippen LogP contribution in [0.5, 0.6) is 11.5 Å². The maximum Gasteiger partial charge on any atom is 0.255 e. The zero-order valence-electron chi connectivity index (χ0n) is 21.2. The van der Waals surface area contributed by atoms with E-state index in [1.165, 1.54) is 0 Å². The molecule has 1 aromatic heterocycles. The summed E-state index contributed by atoms with van der Waals surface area (Å²) in [5.74, 6) is 1.36. The molecule has 3 aromatic rings. The van der Waals surface area contributed by atoms with Crippen molar-refractivity contribution in [2.24, 2.45) is 0 Å². The van der Waals surface area contributed by atoms with E-state index in [1.807, 2.05) is 49.1 Å². The van der Waals surface area contributed by atoms with Crippen molar-refractivity contribution < 1.29 is 19.1 Å². The summed E-state index contributed by atoms with van der Waals surface area (Å²) in [7, 11) is 0. The number of nitrogens with one attached hydrogen (secondary N) is 1. The number of hydrogen-bond donors (Lipinski definition) is 1. The molecule has 2 amide bonds. The van der Waals surface area contributed by atoms with Crippen molar-refractivity contribution >= 4 is 22.7 Å². The molecule has 2 aliphatic heterocycles. The van der Waals surface area contributed by atoms with Gasteiger partial charge in [-0.3, -0.25) is 9.59 Å². The Morgan fingerprint density at radius 1 is 1.06 bits per heavy atom. The summed E-state index contributed by atoms with van der Waals surface area (Å²) in [4.78, 5) is 34.7. The maximum atomic E-state index is 14.0. The number of nitrogens with zero attached hydrogens (tertiary/aromatic N) is 2. The van der Waals surface area contributed by atoms with Crippen LogP contribution in [-0.2, 0) is 15.1 Å². The van der Waals surface area contributed by atoms with Gasteiger partial charge in [0.25, 0.3) is 5.91 Å². The zero-order chi connectivity index (χ0) is 25.0. The molecule has 2 aromatic carbocycles. The first kappa shape index (κ1) is 23.0. The smallest absolute Gasteiger partial charge is 0.255 e. The van der Waals surface area contributed by atoms with Gasteiger partial charge in [0.1, 0.15) is 6.54 Å². The Morgan fingerprint density at radius 2 is 1.86 bits per heavy atom. The highest BCUT2D eigenvalue weighted by Crippen LogP contribution is 2.50. The number of carbonyl (C=O) groups excluding carboxylic acids is 2. The minimum absolute atomic E-state index is 0.00578. The van der Waals surface area contributed by atoms with E-state index in [-0.39, 0.29) is 30.3 Å². The molecule has 1 saturated heterocycles. The molecular weight excluding hydrogens is 454 g/mol. The highest BCUT2D eigenvalue weighted by molar-refractivity contribution is 6.01. The summed E-state index contributed by atoms with van der Waals surface area (Å²) in [6.45, 7) is 7.71. The van der Waals surface area contributed by atoms with Crippen molar-refractivity contribution in [3.05, 3.63) is 59.3 Å². The third kappa shape index (κ3) is 3.39. The normalized spacial score (nSPS) is 23.6. The highest BCUT2D eigenvalue weighted by atomic mass is 16.5.